The molecule has 2 N–H and O–H groups in total. The third-order valence-electron chi connectivity index (χ3n) is 7.27. The van der Waals surface area contributed by atoms with E-state index in [1.54, 1.807) is 20.3 Å². The fraction of sp³-hybridized carbons (Fsp3) is 0.480. The van der Waals surface area contributed by atoms with E-state index in [9.17, 15) is 13.2 Å². The Hall–Kier alpha value is -2.52. The Kier molecular flexibility index (Phi) is 6.96. The van der Waals surface area contributed by atoms with Crippen LogP contribution in [0.5, 0.6) is 11.5 Å². The van der Waals surface area contributed by atoms with Gasteiger partial charge in [-0.15, -0.1) is 0 Å². The van der Waals surface area contributed by atoms with Crippen LogP contribution >= 0.6 is 12.2 Å². The second kappa shape index (κ2) is 9.62. The van der Waals surface area contributed by atoms with Crippen LogP contribution in [0.2, 0.25) is 0 Å². The van der Waals surface area contributed by atoms with E-state index in [2.05, 4.69) is 34.7 Å². The second-order valence-electron chi connectivity index (χ2n) is 9.12. The van der Waals surface area contributed by atoms with Crippen LogP contribution in [-0.2, 0) is 11.6 Å². The molecule has 34 heavy (non-hydrogen) atoms. The van der Waals surface area contributed by atoms with Gasteiger partial charge in [-0.05, 0) is 87.4 Å². The van der Waals surface area contributed by atoms with Crippen LogP contribution in [0.15, 0.2) is 42.5 Å². The number of halogens is 3. The van der Waals surface area contributed by atoms with E-state index in [4.69, 9.17) is 21.7 Å². The molecule has 1 heterocycles. The van der Waals surface area contributed by atoms with Gasteiger partial charge >= 0.3 is 6.18 Å². The monoisotopic (exact) mass is 493 g/mol. The predicted molar refractivity (Wildman–Crippen MR) is 131 cm³/mol. The normalized spacial score (nSPS) is 24.9. The Bertz CT molecular complexity index is 1050. The average Bonchev–Trinajstić information content (AvgIpc) is 3.15. The molecule has 2 aromatic rings. The number of alkyl halides is 3. The lowest BCUT2D eigenvalue weighted by atomic mass is 9.65. The number of benzene rings is 2. The lowest BCUT2D eigenvalue weighted by Gasteiger charge is -2.45. The van der Waals surface area contributed by atoms with Crippen molar-refractivity contribution in [1.82, 2.24) is 10.2 Å². The Balaban J connectivity index is 1.46. The summed E-state index contributed by atoms with van der Waals surface area (Å²) < 4.78 is 50.0. The molecule has 0 aromatic heterocycles. The van der Waals surface area contributed by atoms with Crippen molar-refractivity contribution in [1.29, 1.82) is 0 Å². The van der Waals surface area contributed by atoms with E-state index in [1.807, 2.05) is 6.07 Å². The van der Waals surface area contributed by atoms with E-state index < -0.39 is 11.7 Å². The van der Waals surface area contributed by atoms with Crippen molar-refractivity contribution in [3.63, 3.8) is 0 Å². The molecule has 2 fully saturated rings. The van der Waals surface area contributed by atoms with Gasteiger partial charge in [-0.3, -0.25) is 0 Å². The standard InChI is InChI=1S/C25H30F3N3O2S/c1-31-12-11-24(16-7-8-20(32-2)21(14-16)33-3)10-9-19(15-22(24)31)30-23(34)29-18-6-4-5-17(13-18)25(26,27)28/h4-8,13-14,19,22H,9-12,15H2,1-3H3,(H2,29,30,34)/t19-,22+,24+/m1/s1. The summed E-state index contributed by atoms with van der Waals surface area (Å²) in [5, 5.41) is 6.59. The molecule has 0 radical (unpaired) electrons. The molecular weight excluding hydrogens is 463 g/mol. The van der Waals surface area contributed by atoms with Crippen molar-refractivity contribution < 1.29 is 22.6 Å². The summed E-state index contributed by atoms with van der Waals surface area (Å²) >= 11 is 5.44. The van der Waals surface area contributed by atoms with Gasteiger partial charge < -0.3 is 25.0 Å². The SMILES string of the molecule is COc1ccc([C@@]23CC[C@@H](NC(=S)Nc4cccc(C(F)(F)F)c4)C[C@@H]2N(C)CC3)cc1OC. The molecular formula is C25H30F3N3O2S. The van der Waals surface area contributed by atoms with Gasteiger partial charge in [0, 0.05) is 23.2 Å². The first kappa shape index (κ1) is 24.6. The molecule has 5 nitrogen and oxygen atoms in total. The zero-order valence-electron chi connectivity index (χ0n) is 19.5. The minimum absolute atomic E-state index is 0.0164. The summed E-state index contributed by atoms with van der Waals surface area (Å²) in [5.41, 5.74) is 0.886. The number of fused-ring (bicyclic) bond motifs is 1. The maximum absolute atomic E-state index is 13.0. The van der Waals surface area contributed by atoms with Gasteiger partial charge in [0.2, 0.25) is 0 Å². The molecule has 1 saturated heterocycles. The van der Waals surface area contributed by atoms with Gasteiger partial charge in [0.05, 0.1) is 19.8 Å². The molecule has 0 spiro atoms. The van der Waals surface area contributed by atoms with Crippen LogP contribution < -0.4 is 20.1 Å². The van der Waals surface area contributed by atoms with E-state index in [0.717, 1.165) is 50.1 Å². The van der Waals surface area contributed by atoms with Crippen LogP contribution in [0, 0.1) is 0 Å². The van der Waals surface area contributed by atoms with Crippen LogP contribution in [0.3, 0.4) is 0 Å². The number of rotatable bonds is 5. The van der Waals surface area contributed by atoms with E-state index >= 15 is 0 Å². The summed E-state index contributed by atoms with van der Waals surface area (Å²) in [6, 6.07) is 11.7. The first-order valence-corrected chi connectivity index (χ1v) is 11.7. The van der Waals surface area contributed by atoms with Crippen molar-refractivity contribution in [2.75, 3.05) is 33.1 Å². The number of ether oxygens (including phenoxy) is 2. The van der Waals surface area contributed by atoms with Gasteiger partial charge in [0.15, 0.2) is 16.6 Å². The Morgan fingerprint density at radius 2 is 1.85 bits per heavy atom. The molecule has 1 aliphatic carbocycles. The van der Waals surface area contributed by atoms with Crippen molar-refractivity contribution in [3.8, 4) is 11.5 Å². The smallest absolute Gasteiger partial charge is 0.416 e. The number of nitrogens with one attached hydrogen (secondary N) is 2. The number of methoxy groups -OCH3 is 2. The van der Waals surface area contributed by atoms with Crippen molar-refractivity contribution in [2.24, 2.45) is 0 Å². The molecule has 0 amide bonds. The summed E-state index contributed by atoms with van der Waals surface area (Å²) in [6.45, 7) is 0.999. The molecule has 184 valence electrons. The number of nitrogens with zero attached hydrogens (tertiary/aromatic N) is 1. The van der Waals surface area contributed by atoms with E-state index in [0.29, 0.717) is 22.6 Å². The highest BCUT2D eigenvalue weighted by molar-refractivity contribution is 7.80. The molecule has 0 bridgehead atoms. The molecule has 3 atom stereocenters. The summed E-state index contributed by atoms with van der Waals surface area (Å²) in [6.07, 6.45) is -0.570. The zero-order chi connectivity index (χ0) is 24.5. The maximum atomic E-state index is 13.0. The van der Waals surface area contributed by atoms with E-state index in [1.165, 1.54) is 11.6 Å². The minimum Gasteiger partial charge on any atom is -0.493 e. The number of likely N-dealkylation sites (tertiary alicyclic amines) is 1. The lowest BCUT2D eigenvalue weighted by Crippen LogP contribution is -2.52. The average molecular weight is 494 g/mol. The molecule has 2 aromatic carbocycles. The Morgan fingerprint density at radius 3 is 2.56 bits per heavy atom. The lowest BCUT2D eigenvalue weighted by molar-refractivity contribution is -0.137. The summed E-state index contributed by atoms with van der Waals surface area (Å²) in [5.74, 6) is 1.45. The van der Waals surface area contributed by atoms with Crippen LogP contribution in [0.25, 0.3) is 0 Å². The number of anilines is 1. The summed E-state index contributed by atoms with van der Waals surface area (Å²) in [7, 11) is 5.43. The van der Waals surface area contributed by atoms with Crippen molar-refractivity contribution in [3.05, 3.63) is 53.6 Å². The first-order chi connectivity index (χ1) is 16.2. The van der Waals surface area contributed by atoms with Gasteiger partial charge in [0.25, 0.3) is 0 Å². The third kappa shape index (κ3) is 4.81. The van der Waals surface area contributed by atoms with Gasteiger partial charge in [-0.25, -0.2) is 0 Å². The van der Waals surface area contributed by atoms with Gasteiger partial charge in [-0.2, -0.15) is 13.2 Å². The molecule has 9 heteroatoms. The molecule has 1 aliphatic heterocycles. The van der Waals surface area contributed by atoms with Crippen molar-refractivity contribution in [2.45, 2.75) is 49.4 Å². The van der Waals surface area contributed by atoms with Crippen LogP contribution in [0.1, 0.15) is 36.8 Å². The van der Waals surface area contributed by atoms with Crippen LogP contribution in [0.4, 0.5) is 18.9 Å². The zero-order valence-corrected chi connectivity index (χ0v) is 20.4. The number of hydrogen-bond donors (Lipinski definition) is 2. The minimum atomic E-state index is -4.39. The largest absolute Gasteiger partial charge is 0.493 e. The molecule has 4 rings (SSSR count). The fourth-order valence-electron chi connectivity index (χ4n) is 5.52. The second-order valence-corrected chi connectivity index (χ2v) is 9.53. The maximum Gasteiger partial charge on any atom is 0.416 e. The Morgan fingerprint density at radius 1 is 1.09 bits per heavy atom. The quantitative estimate of drug-likeness (QED) is 0.558. The molecule has 2 aliphatic rings. The highest BCUT2D eigenvalue weighted by atomic mass is 32.1. The number of hydrogen-bond acceptors (Lipinski definition) is 4. The van der Waals surface area contributed by atoms with Crippen molar-refractivity contribution >= 4 is 23.0 Å². The Labute approximate surface area is 203 Å². The van der Waals surface area contributed by atoms with Gasteiger partial charge in [-0.1, -0.05) is 12.1 Å². The van der Waals surface area contributed by atoms with E-state index in [-0.39, 0.29) is 11.5 Å². The molecule has 0 unspecified atom stereocenters. The predicted octanol–water partition coefficient (Wildman–Crippen LogP) is 5.20. The van der Waals surface area contributed by atoms with Gasteiger partial charge in [0.1, 0.15) is 0 Å². The first-order valence-electron chi connectivity index (χ1n) is 11.3. The number of thiocarbonyl (C=S) groups is 1. The van der Waals surface area contributed by atoms with Crippen LogP contribution in [-0.4, -0.2) is 49.9 Å². The summed E-state index contributed by atoms with van der Waals surface area (Å²) in [4.78, 5) is 2.40. The molecule has 1 saturated carbocycles. The topological polar surface area (TPSA) is 45.8 Å². The number of likely N-dealkylation sites (N-methyl/N-ethyl adjacent to an activating group) is 1. The fourth-order valence-corrected chi connectivity index (χ4v) is 5.80. The third-order valence-corrected chi connectivity index (χ3v) is 7.49. The highest BCUT2D eigenvalue weighted by Crippen LogP contribution is 2.49. The highest BCUT2D eigenvalue weighted by Gasteiger charge is 2.50.